The lowest BCUT2D eigenvalue weighted by molar-refractivity contribution is -0.133. The average molecular weight is 341 g/mol. The molecule has 2 aromatic rings. The minimum atomic E-state index is -0.152. The Labute approximate surface area is 147 Å². The van der Waals surface area contributed by atoms with Crippen molar-refractivity contribution in [3.8, 4) is 5.75 Å². The number of nitrogens with zero attached hydrogens (tertiary/aromatic N) is 3. The van der Waals surface area contributed by atoms with Gasteiger partial charge in [0.2, 0.25) is 5.91 Å². The Balaban J connectivity index is 1.85. The first-order valence-electron chi connectivity index (χ1n) is 8.33. The van der Waals surface area contributed by atoms with E-state index in [1.165, 1.54) is 0 Å². The first-order chi connectivity index (χ1) is 12.0. The smallest absolute Gasteiger partial charge is 0.270 e. The van der Waals surface area contributed by atoms with Crippen molar-refractivity contribution in [2.75, 3.05) is 26.7 Å². The second kappa shape index (κ2) is 7.01. The van der Waals surface area contributed by atoms with Crippen molar-refractivity contribution < 1.29 is 14.3 Å². The first kappa shape index (κ1) is 17.1. The summed E-state index contributed by atoms with van der Waals surface area (Å²) in [5.74, 6) is 0.784. The fraction of sp³-hybridized carbons (Fsp3) is 0.368. The number of methoxy groups -OCH3 is 1. The number of carbonyl (C=O) groups excluding carboxylic acids is 2. The molecular formula is C19H23N3O3. The van der Waals surface area contributed by atoms with E-state index in [2.05, 4.69) is 0 Å². The van der Waals surface area contributed by atoms with Gasteiger partial charge in [0.1, 0.15) is 11.4 Å². The number of hydrogen-bond acceptors (Lipinski definition) is 3. The normalized spacial score (nSPS) is 17.5. The highest BCUT2D eigenvalue weighted by Crippen LogP contribution is 2.28. The van der Waals surface area contributed by atoms with Crippen molar-refractivity contribution in [1.82, 2.24) is 14.4 Å². The summed E-state index contributed by atoms with van der Waals surface area (Å²) in [4.78, 5) is 28.5. The minimum Gasteiger partial charge on any atom is -0.497 e. The van der Waals surface area contributed by atoms with Crippen LogP contribution in [-0.2, 0) is 11.8 Å². The van der Waals surface area contributed by atoms with E-state index in [9.17, 15) is 9.59 Å². The molecule has 1 aliphatic heterocycles. The lowest BCUT2D eigenvalue weighted by Crippen LogP contribution is -2.52. The van der Waals surface area contributed by atoms with E-state index in [0.29, 0.717) is 25.3 Å². The molecule has 3 rings (SSSR count). The maximum atomic E-state index is 12.8. The van der Waals surface area contributed by atoms with Crippen LogP contribution in [0.1, 0.15) is 29.0 Å². The van der Waals surface area contributed by atoms with Gasteiger partial charge in [-0.3, -0.25) is 9.59 Å². The molecule has 25 heavy (non-hydrogen) atoms. The van der Waals surface area contributed by atoms with Crippen LogP contribution in [0.15, 0.2) is 42.6 Å². The monoisotopic (exact) mass is 341 g/mol. The van der Waals surface area contributed by atoms with E-state index >= 15 is 0 Å². The summed E-state index contributed by atoms with van der Waals surface area (Å²) in [6, 6.07) is 11.2. The molecule has 0 bridgehead atoms. The molecule has 0 saturated carbocycles. The maximum Gasteiger partial charge on any atom is 0.270 e. The number of benzene rings is 1. The van der Waals surface area contributed by atoms with Crippen LogP contribution in [0, 0.1) is 0 Å². The molecule has 2 heterocycles. The van der Waals surface area contributed by atoms with Gasteiger partial charge in [0.05, 0.1) is 13.2 Å². The number of piperazine rings is 1. The molecule has 0 radical (unpaired) electrons. The second-order valence-corrected chi connectivity index (χ2v) is 6.26. The highest BCUT2D eigenvalue weighted by Gasteiger charge is 2.33. The average Bonchev–Trinajstić information content (AvgIpc) is 3.06. The van der Waals surface area contributed by atoms with Gasteiger partial charge in [-0.2, -0.15) is 0 Å². The van der Waals surface area contributed by atoms with E-state index in [0.717, 1.165) is 11.3 Å². The molecule has 6 nitrogen and oxygen atoms in total. The highest BCUT2D eigenvalue weighted by atomic mass is 16.5. The highest BCUT2D eigenvalue weighted by molar-refractivity contribution is 5.93. The molecule has 6 heteroatoms. The van der Waals surface area contributed by atoms with E-state index < -0.39 is 0 Å². The van der Waals surface area contributed by atoms with E-state index in [1.807, 2.05) is 64.0 Å². The molecule has 1 saturated heterocycles. The van der Waals surface area contributed by atoms with Gasteiger partial charge < -0.3 is 19.1 Å². The SMILES string of the molecule is COc1ccc([C@H]2CN(C(=O)c3cccn3C)CCN2C(C)=O)cc1. The number of aromatic nitrogens is 1. The van der Waals surface area contributed by atoms with Gasteiger partial charge in [-0.25, -0.2) is 0 Å². The number of hydrogen-bond donors (Lipinski definition) is 0. The Bertz CT molecular complexity index is 766. The van der Waals surface area contributed by atoms with Crippen molar-refractivity contribution in [2.24, 2.45) is 7.05 Å². The van der Waals surface area contributed by atoms with Crippen molar-refractivity contribution >= 4 is 11.8 Å². The molecule has 0 N–H and O–H groups in total. The Morgan fingerprint density at radius 3 is 2.40 bits per heavy atom. The lowest BCUT2D eigenvalue weighted by atomic mass is 10.0. The third-order valence-corrected chi connectivity index (χ3v) is 4.74. The molecule has 0 aliphatic carbocycles. The van der Waals surface area contributed by atoms with Crippen LogP contribution >= 0.6 is 0 Å². The van der Waals surface area contributed by atoms with Gasteiger partial charge in [-0.15, -0.1) is 0 Å². The van der Waals surface area contributed by atoms with Gasteiger partial charge in [0.25, 0.3) is 5.91 Å². The molecular weight excluding hydrogens is 318 g/mol. The summed E-state index contributed by atoms with van der Waals surface area (Å²) >= 11 is 0. The minimum absolute atomic E-state index is 0.00536. The van der Waals surface area contributed by atoms with Gasteiger partial charge in [0.15, 0.2) is 0 Å². The standard InChI is InChI=1S/C19H23N3O3/c1-14(23)22-12-11-21(19(24)17-5-4-10-20(17)2)13-18(22)15-6-8-16(25-3)9-7-15/h4-10,18H,11-13H2,1-3H3/t18-/m1/s1. The fourth-order valence-electron chi connectivity index (χ4n) is 3.30. The zero-order chi connectivity index (χ0) is 18.0. The van der Waals surface area contributed by atoms with Gasteiger partial charge in [0, 0.05) is 39.8 Å². The zero-order valence-electron chi connectivity index (χ0n) is 14.8. The number of ether oxygens (including phenoxy) is 1. The van der Waals surface area contributed by atoms with Crippen molar-refractivity contribution in [2.45, 2.75) is 13.0 Å². The predicted molar refractivity (Wildman–Crippen MR) is 94.4 cm³/mol. The van der Waals surface area contributed by atoms with Gasteiger partial charge in [-0.1, -0.05) is 12.1 Å². The summed E-state index contributed by atoms with van der Waals surface area (Å²) in [6.07, 6.45) is 1.86. The van der Waals surface area contributed by atoms with Gasteiger partial charge in [-0.05, 0) is 29.8 Å². The Morgan fingerprint density at radius 1 is 1.12 bits per heavy atom. The zero-order valence-corrected chi connectivity index (χ0v) is 14.8. The maximum absolute atomic E-state index is 12.8. The van der Waals surface area contributed by atoms with E-state index in [-0.39, 0.29) is 17.9 Å². The molecule has 132 valence electrons. The molecule has 1 aromatic heterocycles. The van der Waals surface area contributed by atoms with Crippen LogP contribution in [0.4, 0.5) is 0 Å². The molecule has 0 spiro atoms. The van der Waals surface area contributed by atoms with Crippen LogP contribution in [0.5, 0.6) is 5.75 Å². The molecule has 1 atom stereocenters. The third-order valence-electron chi connectivity index (χ3n) is 4.74. The molecule has 2 amide bonds. The number of amides is 2. The molecule has 1 fully saturated rings. The van der Waals surface area contributed by atoms with Crippen molar-refractivity contribution in [1.29, 1.82) is 0 Å². The lowest BCUT2D eigenvalue weighted by Gasteiger charge is -2.41. The molecule has 1 aromatic carbocycles. The quantitative estimate of drug-likeness (QED) is 0.859. The topological polar surface area (TPSA) is 54.8 Å². The summed E-state index contributed by atoms with van der Waals surface area (Å²) in [5, 5.41) is 0. The Hall–Kier alpha value is -2.76. The Morgan fingerprint density at radius 2 is 1.84 bits per heavy atom. The van der Waals surface area contributed by atoms with E-state index in [1.54, 1.807) is 14.0 Å². The predicted octanol–water partition coefficient (Wildman–Crippen LogP) is 2.08. The van der Waals surface area contributed by atoms with Crippen molar-refractivity contribution in [3.05, 3.63) is 53.9 Å². The summed E-state index contributed by atoms with van der Waals surface area (Å²) in [5.41, 5.74) is 1.66. The summed E-state index contributed by atoms with van der Waals surface area (Å²) < 4.78 is 7.03. The molecule has 0 unspecified atom stereocenters. The van der Waals surface area contributed by atoms with Crippen LogP contribution in [0.3, 0.4) is 0 Å². The number of carbonyl (C=O) groups is 2. The summed E-state index contributed by atoms with van der Waals surface area (Å²) in [6.45, 7) is 3.12. The number of rotatable bonds is 3. The van der Waals surface area contributed by atoms with Crippen LogP contribution in [0.2, 0.25) is 0 Å². The third kappa shape index (κ3) is 3.38. The van der Waals surface area contributed by atoms with Crippen LogP contribution in [0.25, 0.3) is 0 Å². The second-order valence-electron chi connectivity index (χ2n) is 6.26. The van der Waals surface area contributed by atoms with Crippen LogP contribution in [-0.4, -0.2) is 52.9 Å². The Kier molecular flexibility index (Phi) is 4.79. The number of aryl methyl sites for hydroxylation is 1. The van der Waals surface area contributed by atoms with Crippen molar-refractivity contribution in [3.63, 3.8) is 0 Å². The first-order valence-corrected chi connectivity index (χ1v) is 8.33. The largest absolute Gasteiger partial charge is 0.497 e. The van der Waals surface area contributed by atoms with Crippen LogP contribution < -0.4 is 4.74 Å². The summed E-state index contributed by atoms with van der Waals surface area (Å²) in [7, 11) is 3.48. The van der Waals surface area contributed by atoms with Gasteiger partial charge >= 0.3 is 0 Å². The molecule has 1 aliphatic rings. The van der Waals surface area contributed by atoms with E-state index in [4.69, 9.17) is 4.74 Å². The fourth-order valence-corrected chi connectivity index (χ4v) is 3.30.